The second-order valence-electron chi connectivity index (χ2n) is 4.80. The van der Waals surface area contributed by atoms with Crippen molar-refractivity contribution >= 4 is 39.2 Å². The Labute approximate surface area is 131 Å². The molecule has 3 aromatic rings. The summed E-state index contributed by atoms with van der Waals surface area (Å²) in [6.45, 7) is 1.75. The van der Waals surface area contributed by atoms with E-state index in [0.29, 0.717) is 11.3 Å². The molecule has 22 heavy (non-hydrogen) atoms. The molecule has 0 radical (unpaired) electrons. The minimum absolute atomic E-state index is 0.269. The fraction of sp³-hybridized carbons (Fsp3) is 0.0588. The number of nitrogens with zero attached hydrogens (tertiary/aromatic N) is 1. The molecule has 1 N–H and O–H groups in total. The SMILES string of the molecule is Cc1cc(F)ccc1NC(=O)/C=C/c1nc2ccccc2s1. The van der Waals surface area contributed by atoms with Crippen molar-refractivity contribution in [1.29, 1.82) is 0 Å². The number of benzene rings is 2. The molecule has 0 saturated carbocycles. The van der Waals surface area contributed by atoms with Crippen LogP contribution in [0, 0.1) is 12.7 Å². The highest BCUT2D eigenvalue weighted by atomic mass is 32.1. The van der Waals surface area contributed by atoms with Gasteiger partial charge in [0.2, 0.25) is 5.91 Å². The van der Waals surface area contributed by atoms with E-state index in [2.05, 4.69) is 10.3 Å². The van der Waals surface area contributed by atoms with E-state index in [1.807, 2.05) is 24.3 Å². The van der Waals surface area contributed by atoms with Gasteiger partial charge < -0.3 is 5.32 Å². The van der Waals surface area contributed by atoms with E-state index >= 15 is 0 Å². The van der Waals surface area contributed by atoms with E-state index in [-0.39, 0.29) is 11.7 Å². The highest BCUT2D eigenvalue weighted by molar-refractivity contribution is 7.19. The molecule has 5 heteroatoms. The standard InChI is InChI=1S/C17H13FN2OS/c1-11-10-12(18)6-7-13(11)19-16(21)8-9-17-20-14-4-2-3-5-15(14)22-17/h2-10H,1H3,(H,19,21)/b9-8+. The minimum atomic E-state index is -0.319. The first kappa shape index (κ1) is 14.4. The number of amides is 1. The van der Waals surface area contributed by atoms with Gasteiger partial charge in [0.1, 0.15) is 10.8 Å². The van der Waals surface area contributed by atoms with Gasteiger partial charge in [-0.05, 0) is 48.9 Å². The number of halogens is 1. The van der Waals surface area contributed by atoms with E-state index in [9.17, 15) is 9.18 Å². The summed E-state index contributed by atoms with van der Waals surface area (Å²) in [6.07, 6.45) is 3.11. The predicted octanol–water partition coefficient (Wildman–Crippen LogP) is 4.40. The molecule has 0 aliphatic heterocycles. The molecular formula is C17H13FN2OS. The average Bonchev–Trinajstić information content (AvgIpc) is 2.91. The van der Waals surface area contributed by atoms with E-state index in [4.69, 9.17) is 0 Å². The molecule has 1 aromatic heterocycles. The van der Waals surface area contributed by atoms with Crippen LogP contribution in [0.5, 0.6) is 0 Å². The number of carbonyl (C=O) groups excluding carboxylic acids is 1. The summed E-state index contributed by atoms with van der Waals surface area (Å²) in [5.41, 5.74) is 2.20. The zero-order valence-electron chi connectivity index (χ0n) is 11.8. The number of fused-ring (bicyclic) bond motifs is 1. The first-order chi connectivity index (χ1) is 10.6. The molecule has 110 valence electrons. The van der Waals surface area contributed by atoms with Crippen LogP contribution in [0.25, 0.3) is 16.3 Å². The second-order valence-corrected chi connectivity index (χ2v) is 5.86. The number of hydrogen-bond donors (Lipinski definition) is 1. The van der Waals surface area contributed by atoms with Gasteiger partial charge in [0, 0.05) is 11.8 Å². The summed E-state index contributed by atoms with van der Waals surface area (Å²) < 4.78 is 14.1. The quantitative estimate of drug-likeness (QED) is 0.729. The van der Waals surface area contributed by atoms with Crippen LogP contribution in [0.4, 0.5) is 10.1 Å². The van der Waals surface area contributed by atoms with Gasteiger partial charge in [-0.2, -0.15) is 0 Å². The van der Waals surface area contributed by atoms with Crippen molar-refractivity contribution in [3.05, 3.63) is 64.9 Å². The van der Waals surface area contributed by atoms with Gasteiger partial charge in [-0.15, -0.1) is 11.3 Å². The van der Waals surface area contributed by atoms with E-state index < -0.39 is 0 Å². The number of para-hydroxylation sites is 1. The molecule has 0 saturated heterocycles. The first-order valence-electron chi connectivity index (χ1n) is 6.72. The molecule has 3 nitrogen and oxygen atoms in total. The molecule has 1 amide bonds. The molecule has 0 aliphatic rings. The fourth-order valence-electron chi connectivity index (χ4n) is 2.05. The van der Waals surface area contributed by atoms with E-state index in [1.165, 1.54) is 29.5 Å². The molecule has 0 fully saturated rings. The third-order valence-corrected chi connectivity index (χ3v) is 4.14. The van der Waals surface area contributed by atoms with Crippen molar-refractivity contribution < 1.29 is 9.18 Å². The maximum absolute atomic E-state index is 13.0. The smallest absolute Gasteiger partial charge is 0.248 e. The summed E-state index contributed by atoms with van der Waals surface area (Å²) in [7, 11) is 0. The number of carbonyl (C=O) groups is 1. The lowest BCUT2D eigenvalue weighted by molar-refractivity contribution is -0.111. The van der Waals surface area contributed by atoms with Gasteiger partial charge in [0.25, 0.3) is 0 Å². The van der Waals surface area contributed by atoms with E-state index in [1.54, 1.807) is 19.1 Å². The summed E-state index contributed by atoms with van der Waals surface area (Å²) in [5.74, 6) is -0.588. The maximum atomic E-state index is 13.0. The summed E-state index contributed by atoms with van der Waals surface area (Å²) in [5, 5.41) is 3.50. The number of aromatic nitrogens is 1. The van der Waals surface area contributed by atoms with Crippen LogP contribution in [0.3, 0.4) is 0 Å². The van der Waals surface area contributed by atoms with Gasteiger partial charge in [0.05, 0.1) is 10.2 Å². The monoisotopic (exact) mass is 312 g/mol. The van der Waals surface area contributed by atoms with Crippen molar-refractivity contribution in [2.75, 3.05) is 5.32 Å². The van der Waals surface area contributed by atoms with Gasteiger partial charge in [-0.3, -0.25) is 4.79 Å². The molecular weight excluding hydrogens is 299 g/mol. The third kappa shape index (κ3) is 3.20. The number of thiazole rings is 1. The van der Waals surface area contributed by atoms with E-state index in [0.717, 1.165) is 15.2 Å². The number of anilines is 1. The topological polar surface area (TPSA) is 42.0 Å². The van der Waals surface area contributed by atoms with Crippen molar-refractivity contribution in [2.45, 2.75) is 6.92 Å². The van der Waals surface area contributed by atoms with Crippen molar-refractivity contribution in [2.24, 2.45) is 0 Å². The molecule has 1 heterocycles. The van der Waals surface area contributed by atoms with Gasteiger partial charge in [0.15, 0.2) is 0 Å². The summed E-state index contributed by atoms with van der Waals surface area (Å²) >= 11 is 1.52. The molecule has 0 aliphatic carbocycles. The average molecular weight is 312 g/mol. The van der Waals surface area contributed by atoms with Gasteiger partial charge >= 0.3 is 0 Å². The largest absolute Gasteiger partial charge is 0.322 e. The zero-order chi connectivity index (χ0) is 15.5. The highest BCUT2D eigenvalue weighted by Gasteiger charge is 2.04. The van der Waals surface area contributed by atoms with Crippen molar-refractivity contribution in [3.8, 4) is 0 Å². The lowest BCUT2D eigenvalue weighted by Crippen LogP contribution is -2.08. The Morgan fingerprint density at radius 1 is 1.27 bits per heavy atom. The molecule has 2 aromatic carbocycles. The Kier molecular flexibility index (Phi) is 3.98. The minimum Gasteiger partial charge on any atom is -0.322 e. The number of rotatable bonds is 3. The lowest BCUT2D eigenvalue weighted by atomic mass is 10.2. The van der Waals surface area contributed by atoms with Crippen LogP contribution < -0.4 is 5.32 Å². The molecule has 3 rings (SSSR count). The summed E-state index contributed by atoms with van der Waals surface area (Å²) in [4.78, 5) is 16.3. The van der Waals surface area contributed by atoms with Crippen LogP contribution in [0.2, 0.25) is 0 Å². The van der Waals surface area contributed by atoms with Crippen molar-refractivity contribution in [1.82, 2.24) is 4.98 Å². The van der Waals surface area contributed by atoms with Crippen molar-refractivity contribution in [3.63, 3.8) is 0 Å². The number of aryl methyl sites for hydroxylation is 1. The number of hydrogen-bond acceptors (Lipinski definition) is 3. The Hall–Kier alpha value is -2.53. The number of nitrogens with one attached hydrogen (secondary N) is 1. The van der Waals surface area contributed by atoms with Crippen LogP contribution in [0.15, 0.2) is 48.5 Å². The lowest BCUT2D eigenvalue weighted by Gasteiger charge is -2.05. The van der Waals surface area contributed by atoms with Crippen LogP contribution >= 0.6 is 11.3 Å². The molecule has 0 unspecified atom stereocenters. The normalized spacial score (nSPS) is 11.2. The Balaban J connectivity index is 1.73. The van der Waals surface area contributed by atoms with Crippen LogP contribution in [-0.2, 0) is 4.79 Å². The zero-order valence-corrected chi connectivity index (χ0v) is 12.7. The Morgan fingerprint density at radius 3 is 2.86 bits per heavy atom. The predicted molar refractivity (Wildman–Crippen MR) is 88.4 cm³/mol. The maximum Gasteiger partial charge on any atom is 0.248 e. The molecule has 0 bridgehead atoms. The van der Waals surface area contributed by atoms with Crippen LogP contribution in [0.1, 0.15) is 10.6 Å². The summed E-state index contributed by atoms with van der Waals surface area (Å²) in [6, 6.07) is 12.1. The third-order valence-electron chi connectivity index (χ3n) is 3.13. The highest BCUT2D eigenvalue weighted by Crippen LogP contribution is 2.22. The Bertz CT molecular complexity index is 837. The Morgan fingerprint density at radius 2 is 2.09 bits per heavy atom. The fourth-order valence-corrected chi connectivity index (χ4v) is 2.92. The van der Waals surface area contributed by atoms with Crippen LogP contribution in [-0.4, -0.2) is 10.9 Å². The first-order valence-corrected chi connectivity index (χ1v) is 7.54. The van der Waals surface area contributed by atoms with Gasteiger partial charge in [-0.1, -0.05) is 12.1 Å². The molecule has 0 atom stereocenters. The molecule has 0 spiro atoms. The second kappa shape index (κ2) is 6.07. The van der Waals surface area contributed by atoms with Gasteiger partial charge in [-0.25, -0.2) is 9.37 Å².